The van der Waals surface area contributed by atoms with Gasteiger partial charge in [0.25, 0.3) is 0 Å². The highest BCUT2D eigenvalue weighted by atomic mass is 32.1. The van der Waals surface area contributed by atoms with Crippen LogP contribution in [-0.2, 0) is 0 Å². The van der Waals surface area contributed by atoms with Crippen LogP contribution in [0.5, 0.6) is 0 Å². The Hall–Kier alpha value is -5.70. The van der Waals surface area contributed by atoms with Crippen molar-refractivity contribution in [1.82, 2.24) is 0 Å². The molecule has 0 atom stereocenters. The Balaban J connectivity index is 1.24. The van der Waals surface area contributed by atoms with Crippen LogP contribution in [0, 0.1) is 0 Å². The summed E-state index contributed by atoms with van der Waals surface area (Å²) in [5.41, 5.74) is 8.22. The van der Waals surface area contributed by atoms with Crippen molar-refractivity contribution in [2.24, 2.45) is 0 Å². The lowest BCUT2D eigenvalue weighted by Gasteiger charge is -2.28. The van der Waals surface area contributed by atoms with Gasteiger partial charge in [-0.1, -0.05) is 121 Å². The van der Waals surface area contributed by atoms with E-state index in [1.807, 2.05) is 11.3 Å². The molecule has 1 heterocycles. The molecule has 0 spiro atoms. The van der Waals surface area contributed by atoms with Crippen molar-refractivity contribution in [3.05, 3.63) is 176 Å². The molecule has 1 aromatic heterocycles. The Morgan fingerprint density at radius 1 is 0.348 bits per heavy atom. The number of hydrogen-bond donors (Lipinski definition) is 0. The van der Waals surface area contributed by atoms with Gasteiger partial charge in [0, 0.05) is 37.1 Å². The van der Waals surface area contributed by atoms with Crippen LogP contribution in [0.2, 0.25) is 0 Å². The molecular formula is C44H29NS. The van der Waals surface area contributed by atoms with Crippen molar-refractivity contribution in [3.63, 3.8) is 0 Å². The third kappa shape index (κ3) is 4.63. The highest BCUT2D eigenvalue weighted by molar-refractivity contribution is 7.25. The van der Waals surface area contributed by atoms with Crippen molar-refractivity contribution in [3.8, 4) is 22.3 Å². The van der Waals surface area contributed by atoms with E-state index in [0.29, 0.717) is 0 Å². The topological polar surface area (TPSA) is 3.24 Å². The van der Waals surface area contributed by atoms with Gasteiger partial charge in [0.05, 0.1) is 5.69 Å². The van der Waals surface area contributed by atoms with Gasteiger partial charge in [-0.15, -0.1) is 11.3 Å². The number of para-hydroxylation sites is 1. The largest absolute Gasteiger partial charge is 0.310 e. The standard InChI is InChI=1S/C44H29NS/c1-2-10-30(11-3-1)32-20-23-37(24-21-32)45(42-16-8-6-14-39(42)35-19-18-31-12-4-5-13-33(31)26-35)38-25-22-34-29-44-41(28-36(34)27-38)40-15-7-9-17-43(40)46-44/h1-29H. The first-order chi connectivity index (χ1) is 22.8. The summed E-state index contributed by atoms with van der Waals surface area (Å²) in [6.07, 6.45) is 0. The Morgan fingerprint density at radius 3 is 1.89 bits per heavy atom. The summed E-state index contributed by atoms with van der Waals surface area (Å²) >= 11 is 1.87. The molecule has 0 aliphatic heterocycles. The monoisotopic (exact) mass is 603 g/mol. The number of nitrogens with zero attached hydrogens (tertiary/aromatic N) is 1. The molecule has 0 unspecified atom stereocenters. The Labute approximate surface area is 272 Å². The molecule has 0 radical (unpaired) electrons. The number of anilines is 3. The maximum absolute atomic E-state index is 2.41. The third-order valence-corrected chi connectivity index (χ3v) is 10.1. The molecule has 9 rings (SSSR count). The molecule has 2 heteroatoms. The van der Waals surface area contributed by atoms with Gasteiger partial charge in [-0.25, -0.2) is 0 Å². The Morgan fingerprint density at radius 2 is 1.00 bits per heavy atom. The van der Waals surface area contributed by atoms with Gasteiger partial charge < -0.3 is 4.90 Å². The van der Waals surface area contributed by atoms with E-state index in [0.717, 1.165) is 17.1 Å². The Kier molecular flexibility index (Phi) is 6.40. The zero-order valence-electron chi connectivity index (χ0n) is 25.1. The number of rotatable bonds is 5. The average molecular weight is 604 g/mol. The van der Waals surface area contributed by atoms with Crippen molar-refractivity contribution >= 4 is 70.1 Å². The quantitative estimate of drug-likeness (QED) is 0.189. The summed E-state index contributed by atoms with van der Waals surface area (Å²) in [6.45, 7) is 0. The van der Waals surface area contributed by atoms with Gasteiger partial charge in [0.2, 0.25) is 0 Å². The number of fused-ring (bicyclic) bond motifs is 5. The van der Waals surface area contributed by atoms with Crippen molar-refractivity contribution in [2.45, 2.75) is 0 Å². The molecular weight excluding hydrogens is 575 g/mol. The molecule has 0 bridgehead atoms. The number of hydrogen-bond acceptors (Lipinski definition) is 2. The van der Waals surface area contributed by atoms with Crippen molar-refractivity contribution < 1.29 is 0 Å². The van der Waals surface area contributed by atoms with Crippen LogP contribution in [0.25, 0.3) is 64.0 Å². The van der Waals surface area contributed by atoms with Crippen LogP contribution >= 0.6 is 11.3 Å². The molecule has 216 valence electrons. The van der Waals surface area contributed by atoms with E-state index in [1.54, 1.807) is 0 Å². The highest BCUT2D eigenvalue weighted by Crippen LogP contribution is 2.43. The fraction of sp³-hybridized carbons (Fsp3) is 0. The van der Waals surface area contributed by atoms with Crippen molar-refractivity contribution in [2.75, 3.05) is 4.90 Å². The van der Waals surface area contributed by atoms with Gasteiger partial charge in [0.1, 0.15) is 0 Å². The second-order valence-corrected chi connectivity index (χ2v) is 12.9. The molecule has 0 saturated carbocycles. The smallest absolute Gasteiger partial charge is 0.0540 e. The van der Waals surface area contributed by atoms with Gasteiger partial charge in [-0.2, -0.15) is 0 Å². The molecule has 0 N–H and O–H groups in total. The predicted octanol–water partition coefficient (Wildman–Crippen LogP) is 13.2. The molecule has 46 heavy (non-hydrogen) atoms. The molecule has 0 amide bonds. The summed E-state index contributed by atoms with van der Waals surface area (Å²) in [5.74, 6) is 0. The summed E-state index contributed by atoms with van der Waals surface area (Å²) in [5, 5.41) is 7.63. The molecule has 1 nitrogen and oxygen atoms in total. The average Bonchev–Trinajstić information content (AvgIpc) is 3.49. The molecule has 9 aromatic rings. The maximum Gasteiger partial charge on any atom is 0.0540 e. The van der Waals surface area contributed by atoms with E-state index in [4.69, 9.17) is 0 Å². The van der Waals surface area contributed by atoms with E-state index >= 15 is 0 Å². The van der Waals surface area contributed by atoms with Gasteiger partial charge in [-0.05, 0) is 92.8 Å². The van der Waals surface area contributed by atoms with Crippen LogP contribution in [0.4, 0.5) is 17.1 Å². The number of benzene rings is 8. The first-order valence-electron chi connectivity index (χ1n) is 15.7. The van der Waals surface area contributed by atoms with Crippen LogP contribution in [0.1, 0.15) is 0 Å². The third-order valence-electron chi connectivity index (χ3n) is 9.02. The first-order valence-corrected chi connectivity index (χ1v) is 16.5. The second kappa shape index (κ2) is 11.0. The fourth-order valence-electron chi connectivity index (χ4n) is 6.73. The van der Waals surface area contributed by atoms with Crippen LogP contribution in [0.3, 0.4) is 0 Å². The minimum atomic E-state index is 1.12. The summed E-state index contributed by atoms with van der Waals surface area (Å²) in [6, 6.07) is 64.0. The lowest BCUT2D eigenvalue weighted by atomic mass is 9.98. The minimum Gasteiger partial charge on any atom is -0.310 e. The molecule has 0 aliphatic carbocycles. The first kappa shape index (κ1) is 26.7. The van der Waals surface area contributed by atoms with E-state index in [1.165, 1.54) is 64.0 Å². The van der Waals surface area contributed by atoms with Crippen LogP contribution in [0.15, 0.2) is 176 Å². The van der Waals surface area contributed by atoms with Crippen LogP contribution < -0.4 is 4.90 Å². The van der Waals surface area contributed by atoms with Gasteiger partial charge >= 0.3 is 0 Å². The minimum absolute atomic E-state index is 1.12. The zero-order chi connectivity index (χ0) is 30.5. The maximum atomic E-state index is 2.41. The number of thiophene rings is 1. The lowest BCUT2D eigenvalue weighted by molar-refractivity contribution is 1.29. The van der Waals surface area contributed by atoms with E-state index in [-0.39, 0.29) is 0 Å². The van der Waals surface area contributed by atoms with E-state index in [9.17, 15) is 0 Å². The lowest BCUT2D eigenvalue weighted by Crippen LogP contribution is -2.11. The normalized spacial score (nSPS) is 11.5. The molecule has 0 aliphatic rings. The van der Waals surface area contributed by atoms with E-state index < -0.39 is 0 Å². The van der Waals surface area contributed by atoms with Crippen molar-refractivity contribution in [1.29, 1.82) is 0 Å². The van der Waals surface area contributed by atoms with E-state index in [2.05, 4.69) is 181 Å². The molecule has 8 aromatic carbocycles. The summed E-state index contributed by atoms with van der Waals surface area (Å²) in [7, 11) is 0. The second-order valence-electron chi connectivity index (χ2n) is 11.8. The fourth-order valence-corrected chi connectivity index (χ4v) is 7.86. The highest BCUT2D eigenvalue weighted by Gasteiger charge is 2.18. The van der Waals surface area contributed by atoms with Crippen LogP contribution in [-0.4, -0.2) is 0 Å². The van der Waals surface area contributed by atoms with Gasteiger partial charge in [-0.3, -0.25) is 0 Å². The molecule has 0 fully saturated rings. The summed E-state index contributed by atoms with van der Waals surface area (Å²) < 4.78 is 2.66. The van der Waals surface area contributed by atoms with Gasteiger partial charge in [0.15, 0.2) is 0 Å². The Bertz CT molecular complexity index is 2530. The predicted molar refractivity (Wildman–Crippen MR) is 200 cm³/mol. The zero-order valence-corrected chi connectivity index (χ0v) is 25.9. The molecule has 0 saturated heterocycles. The summed E-state index contributed by atoms with van der Waals surface area (Å²) in [4.78, 5) is 2.41. The SMILES string of the molecule is c1ccc(-c2ccc(N(c3ccc4cc5sc6ccccc6c5cc4c3)c3ccccc3-c3ccc4ccccc4c3)cc2)cc1.